The third-order valence-electron chi connectivity index (χ3n) is 4.27. The van der Waals surface area contributed by atoms with E-state index in [1.54, 1.807) is 30.3 Å². The Bertz CT molecular complexity index is 847. The van der Waals surface area contributed by atoms with E-state index in [0.717, 1.165) is 24.2 Å². The van der Waals surface area contributed by atoms with Gasteiger partial charge in [0.1, 0.15) is 5.82 Å². The van der Waals surface area contributed by atoms with Gasteiger partial charge in [0.15, 0.2) is 5.78 Å². The Morgan fingerprint density at radius 2 is 1.96 bits per heavy atom. The Kier molecular flexibility index (Phi) is 4.43. The van der Waals surface area contributed by atoms with Gasteiger partial charge < -0.3 is 4.90 Å². The first-order valence-electron chi connectivity index (χ1n) is 7.83. The minimum Gasteiger partial charge on any atom is -0.367 e. The molecule has 0 N–H and O–H groups in total. The molecule has 0 fully saturated rings. The summed E-state index contributed by atoms with van der Waals surface area (Å²) in [6.07, 6.45) is 2.90. The SMILES string of the molecule is CC(=O)c1ccc(C#N)cc1N1CC=C(c2ccc(F)cc2)CC1. The summed E-state index contributed by atoms with van der Waals surface area (Å²) in [4.78, 5) is 14.0. The van der Waals surface area contributed by atoms with E-state index in [-0.39, 0.29) is 11.6 Å². The van der Waals surface area contributed by atoms with E-state index in [9.17, 15) is 9.18 Å². The Morgan fingerprint density at radius 3 is 2.54 bits per heavy atom. The number of hydrogen-bond acceptors (Lipinski definition) is 3. The molecule has 1 aliphatic heterocycles. The highest BCUT2D eigenvalue weighted by molar-refractivity contribution is 6.00. The minimum atomic E-state index is -0.240. The number of carbonyl (C=O) groups excluding carboxylic acids is 1. The van der Waals surface area contributed by atoms with Gasteiger partial charge in [-0.05, 0) is 54.8 Å². The maximum atomic E-state index is 13.0. The summed E-state index contributed by atoms with van der Waals surface area (Å²) in [7, 11) is 0. The molecule has 3 rings (SSSR count). The van der Waals surface area contributed by atoms with E-state index in [4.69, 9.17) is 5.26 Å². The number of carbonyl (C=O) groups is 1. The monoisotopic (exact) mass is 320 g/mol. The number of hydrogen-bond donors (Lipinski definition) is 0. The van der Waals surface area contributed by atoms with Crippen molar-refractivity contribution in [2.75, 3.05) is 18.0 Å². The molecule has 0 saturated heterocycles. The summed E-state index contributed by atoms with van der Waals surface area (Å²) in [5, 5.41) is 9.11. The fraction of sp³-hybridized carbons (Fsp3) is 0.200. The highest BCUT2D eigenvalue weighted by atomic mass is 19.1. The van der Waals surface area contributed by atoms with Gasteiger partial charge in [-0.1, -0.05) is 18.2 Å². The zero-order valence-electron chi connectivity index (χ0n) is 13.4. The highest BCUT2D eigenvalue weighted by Gasteiger charge is 2.18. The Balaban J connectivity index is 1.87. The van der Waals surface area contributed by atoms with Crippen LogP contribution in [-0.4, -0.2) is 18.9 Å². The van der Waals surface area contributed by atoms with Gasteiger partial charge >= 0.3 is 0 Å². The lowest BCUT2D eigenvalue weighted by Crippen LogP contribution is -2.29. The Morgan fingerprint density at radius 1 is 1.21 bits per heavy atom. The van der Waals surface area contributed by atoms with Gasteiger partial charge in [0, 0.05) is 24.3 Å². The van der Waals surface area contributed by atoms with Crippen LogP contribution in [0.4, 0.5) is 10.1 Å². The maximum Gasteiger partial charge on any atom is 0.161 e. The van der Waals surface area contributed by atoms with Crippen molar-refractivity contribution in [3.05, 3.63) is 71.0 Å². The molecule has 0 atom stereocenters. The van der Waals surface area contributed by atoms with Crippen LogP contribution in [0, 0.1) is 17.1 Å². The van der Waals surface area contributed by atoms with Gasteiger partial charge in [-0.3, -0.25) is 4.79 Å². The Hall–Kier alpha value is -2.93. The van der Waals surface area contributed by atoms with Gasteiger partial charge in [-0.15, -0.1) is 0 Å². The summed E-state index contributed by atoms with van der Waals surface area (Å²) < 4.78 is 13.0. The summed E-state index contributed by atoms with van der Waals surface area (Å²) in [5.41, 5.74) is 4.17. The molecule has 2 aromatic carbocycles. The second kappa shape index (κ2) is 6.67. The largest absolute Gasteiger partial charge is 0.367 e. The van der Waals surface area contributed by atoms with Gasteiger partial charge in [0.2, 0.25) is 0 Å². The summed E-state index contributed by atoms with van der Waals surface area (Å²) in [6, 6.07) is 13.8. The molecule has 0 aromatic heterocycles. The first kappa shape index (κ1) is 15.9. The lowest BCUT2D eigenvalue weighted by molar-refractivity contribution is 0.101. The van der Waals surface area contributed by atoms with Crippen molar-refractivity contribution in [3.8, 4) is 6.07 Å². The van der Waals surface area contributed by atoms with Crippen molar-refractivity contribution >= 4 is 17.0 Å². The number of Topliss-reactive ketones (excluding diaryl/α,β-unsaturated/α-hetero) is 1. The number of rotatable bonds is 3. The molecule has 0 aliphatic carbocycles. The van der Waals surface area contributed by atoms with E-state index >= 15 is 0 Å². The Labute approximate surface area is 140 Å². The van der Waals surface area contributed by atoms with Gasteiger partial charge in [0.05, 0.1) is 11.6 Å². The van der Waals surface area contributed by atoms with Gasteiger partial charge in [0.25, 0.3) is 0 Å². The van der Waals surface area contributed by atoms with Crippen LogP contribution >= 0.6 is 0 Å². The predicted molar refractivity (Wildman–Crippen MR) is 92.4 cm³/mol. The summed E-state index contributed by atoms with van der Waals surface area (Å²) >= 11 is 0. The minimum absolute atomic E-state index is 0.0113. The fourth-order valence-corrected chi connectivity index (χ4v) is 2.97. The van der Waals surface area contributed by atoms with Crippen molar-refractivity contribution in [1.82, 2.24) is 0 Å². The zero-order valence-corrected chi connectivity index (χ0v) is 13.4. The predicted octanol–water partition coefficient (Wildman–Crippen LogP) is 4.19. The molecule has 0 bridgehead atoms. The number of benzene rings is 2. The van der Waals surface area contributed by atoms with Crippen molar-refractivity contribution in [2.24, 2.45) is 0 Å². The molecule has 2 aromatic rings. The normalized spacial score (nSPS) is 14.0. The molecule has 3 nitrogen and oxygen atoms in total. The van der Waals surface area contributed by atoms with Crippen LogP contribution in [0.3, 0.4) is 0 Å². The number of ketones is 1. The smallest absolute Gasteiger partial charge is 0.161 e. The van der Waals surface area contributed by atoms with Crippen LogP contribution in [0.1, 0.15) is 34.8 Å². The van der Waals surface area contributed by atoms with Gasteiger partial charge in [-0.2, -0.15) is 5.26 Å². The number of halogens is 1. The molecule has 1 heterocycles. The first-order chi connectivity index (χ1) is 11.6. The summed E-state index contributed by atoms with van der Waals surface area (Å²) in [6.45, 7) is 2.94. The molecule has 0 amide bonds. The number of nitrogens with zero attached hydrogens (tertiary/aromatic N) is 2. The van der Waals surface area contributed by atoms with Crippen LogP contribution in [0.2, 0.25) is 0 Å². The second-order valence-corrected chi connectivity index (χ2v) is 5.83. The number of anilines is 1. The van der Waals surface area contributed by atoms with Crippen LogP contribution in [0.25, 0.3) is 5.57 Å². The molecule has 4 heteroatoms. The average Bonchev–Trinajstić information content (AvgIpc) is 2.62. The quantitative estimate of drug-likeness (QED) is 0.796. The molecular weight excluding hydrogens is 303 g/mol. The van der Waals surface area contributed by atoms with Crippen molar-refractivity contribution in [2.45, 2.75) is 13.3 Å². The average molecular weight is 320 g/mol. The maximum absolute atomic E-state index is 13.0. The number of nitriles is 1. The molecule has 1 aliphatic rings. The van der Waals surface area contributed by atoms with Crippen molar-refractivity contribution < 1.29 is 9.18 Å². The molecule has 0 unspecified atom stereocenters. The topological polar surface area (TPSA) is 44.1 Å². The second-order valence-electron chi connectivity index (χ2n) is 5.83. The molecule has 0 spiro atoms. The molecular formula is C20H17FN2O. The first-order valence-corrected chi connectivity index (χ1v) is 7.83. The van der Waals surface area contributed by atoms with Crippen LogP contribution < -0.4 is 4.90 Å². The zero-order chi connectivity index (χ0) is 17.1. The van der Waals surface area contributed by atoms with Gasteiger partial charge in [-0.25, -0.2) is 4.39 Å². The van der Waals surface area contributed by atoms with Crippen LogP contribution in [0.15, 0.2) is 48.5 Å². The third kappa shape index (κ3) is 3.21. The molecule has 24 heavy (non-hydrogen) atoms. The van der Waals surface area contributed by atoms with Crippen LogP contribution in [0.5, 0.6) is 0 Å². The van der Waals surface area contributed by atoms with E-state index in [0.29, 0.717) is 17.7 Å². The van der Waals surface area contributed by atoms with Crippen LogP contribution in [-0.2, 0) is 0 Å². The van der Waals surface area contributed by atoms with E-state index in [2.05, 4.69) is 17.0 Å². The molecule has 120 valence electrons. The molecule has 0 saturated carbocycles. The standard InChI is InChI=1S/C20H17FN2O/c1-14(24)19-7-2-15(13-22)12-20(19)23-10-8-17(9-11-23)16-3-5-18(21)6-4-16/h2-8,12H,9-11H2,1H3. The van der Waals surface area contributed by atoms with E-state index < -0.39 is 0 Å². The molecule has 0 radical (unpaired) electrons. The highest BCUT2D eigenvalue weighted by Crippen LogP contribution is 2.29. The fourth-order valence-electron chi connectivity index (χ4n) is 2.97. The van der Waals surface area contributed by atoms with Crippen molar-refractivity contribution in [1.29, 1.82) is 5.26 Å². The lowest BCUT2D eigenvalue weighted by Gasteiger charge is -2.30. The van der Waals surface area contributed by atoms with Crippen molar-refractivity contribution in [3.63, 3.8) is 0 Å². The van der Waals surface area contributed by atoms with E-state index in [1.165, 1.54) is 24.6 Å². The lowest BCUT2D eigenvalue weighted by atomic mass is 9.98. The summed E-state index contributed by atoms with van der Waals surface area (Å²) in [5.74, 6) is -0.251. The van der Waals surface area contributed by atoms with E-state index in [1.807, 2.05) is 0 Å². The third-order valence-corrected chi connectivity index (χ3v) is 4.27.